The number of carbonyl (C=O) groups excluding carboxylic acids is 1. The molecule has 4 rings (SSSR count). The fraction of sp³-hybridized carbons (Fsp3) is 0.611. The first kappa shape index (κ1) is 15.5. The molecule has 1 N–H and O–H groups in total. The van der Waals surface area contributed by atoms with E-state index in [2.05, 4.69) is 49.2 Å². The molecule has 0 aliphatic carbocycles. The first-order chi connectivity index (χ1) is 10.5. The summed E-state index contributed by atoms with van der Waals surface area (Å²) in [6.07, 6.45) is 0. The second-order valence-corrected chi connectivity index (χ2v) is 7.25. The maximum Gasteiger partial charge on any atom is 0.279 e. The monoisotopic (exact) mass is 302 g/mol. The summed E-state index contributed by atoms with van der Waals surface area (Å²) >= 11 is 0. The maximum absolute atomic E-state index is 12.6. The first-order valence-corrected chi connectivity index (χ1v) is 8.46. The van der Waals surface area contributed by atoms with E-state index >= 15 is 0 Å². The summed E-state index contributed by atoms with van der Waals surface area (Å²) in [6, 6.07) is 6.28. The van der Waals surface area contributed by atoms with Gasteiger partial charge in [-0.1, -0.05) is 32.0 Å². The number of fused-ring (bicyclic) bond motifs is 3. The van der Waals surface area contributed by atoms with Gasteiger partial charge in [-0.3, -0.25) is 9.69 Å². The number of anilines is 1. The highest BCUT2D eigenvalue weighted by molar-refractivity contribution is 5.93. The van der Waals surface area contributed by atoms with Crippen molar-refractivity contribution in [2.75, 3.05) is 51.1 Å². The molecule has 4 nitrogen and oxygen atoms in total. The Kier molecular flexibility index (Phi) is 4.24. The molecule has 0 saturated carbocycles. The summed E-state index contributed by atoms with van der Waals surface area (Å²) in [5.74, 6) is 0.590. The lowest BCUT2D eigenvalue weighted by Crippen LogP contribution is -2.68. The number of carbonyl (C=O) groups is 1. The van der Waals surface area contributed by atoms with Gasteiger partial charge in [0.15, 0.2) is 6.54 Å². The number of hydrogen-bond acceptors (Lipinski definition) is 2. The number of piperazine rings is 3. The molecule has 0 unspecified atom stereocenters. The normalized spacial score (nSPS) is 27.2. The van der Waals surface area contributed by atoms with Crippen LogP contribution in [0.5, 0.6) is 0 Å². The zero-order chi connectivity index (χ0) is 15.7. The van der Waals surface area contributed by atoms with Crippen LogP contribution in [0.1, 0.15) is 30.9 Å². The molecule has 0 atom stereocenters. The van der Waals surface area contributed by atoms with E-state index in [-0.39, 0.29) is 5.91 Å². The maximum atomic E-state index is 12.6. The van der Waals surface area contributed by atoms with E-state index in [0.717, 1.165) is 55.0 Å². The fourth-order valence-electron chi connectivity index (χ4n) is 3.79. The molecule has 120 valence electrons. The van der Waals surface area contributed by atoms with Crippen molar-refractivity contribution in [1.29, 1.82) is 0 Å². The molecule has 1 amide bonds. The Morgan fingerprint density at radius 3 is 2.45 bits per heavy atom. The lowest BCUT2D eigenvalue weighted by atomic mass is 9.98. The minimum atomic E-state index is 0.173. The van der Waals surface area contributed by atoms with Crippen molar-refractivity contribution < 1.29 is 9.28 Å². The minimum Gasteiger partial charge on any atom is -0.321 e. The van der Waals surface area contributed by atoms with E-state index in [1.807, 2.05) is 0 Å². The lowest BCUT2D eigenvalue weighted by Gasteiger charge is -2.50. The van der Waals surface area contributed by atoms with Crippen LogP contribution < -0.4 is 5.32 Å². The minimum absolute atomic E-state index is 0.173. The van der Waals surface area contributed by atoms with Crippen molar-refractivity contribution in [2.45, 2.75) is 26.7 Å². The van der Waals surface area contributed by atoms with Crippen LogP contribution in [0.4, 0.5) is 5.69 Å². The van der Waals surface area contributed by atoms with Gasteiger partial charge in [-0.25, -0.2) is 0 Å². The number of quaternary nitrogens is 1. The van der Waals surface area contributed by atoms with Gasteiger partial charge < -0.3 is 9.80 Å². The number of hydrogen-bond donors (Lipinski definition) is 1. The highest BCUT2D eigenvalue weighted by Crippen LogP contribution is 2.28. The van der Waals surface area contributed by atoms with Gasteiger partial charge in [0.25, 0.3) is 5.91 Å². The third kappa shape index (κ3) is 3.03. The molecule has 3 fully saturated rings. The van der Waals surface area contributed by atoms with Gasteiger partial charge in [0.2, 0.25) is 0 Å². The highest BCUT2D eigenvalue weighted by Gasteiger charge is 2.39. The van der Waals surface area contributed by atoms with Crippen LogP contribution in [-0.2, 0) is 4.79 Å². The van der Waals surface area contributed by atoms with Crippen LogP contribution in [0.15, 0.2) is 18.2 Å². The number of rotatable bonds is 4. The number of benzene rings is 1. The standard InChI is InChI=1S/C18H27N3O/c1-14(2)16-6-4-5-15(3)18(16)19-17(22)13-21-10-7-20(8-11-21)9-12-21/h4-6,14H,7-13H2,1-3H3/p+1. The number of para-hydroxylation sites is 1. The molecule has 0 radical (unpaired) electrons. The summed E-state index contributed by atoms with van der Waals surface area (Å²) in [5.41, 5.74) is 3.41. The number of nitrogens with zero attached hydrogens (tertiary/aromatic N) is 2. The van der Waals surface area contributed by atoms with Gasteiger partial charge in [-0.15, -0.1) is 0 Å². The molecule has 22 heavy (non-hydrogen) atoms. The average molecular weight is 302 g/mol. The van der Waals surface area contributed by atoms with E-state index in [0.29, 0.717) is 12.5 Å². The van der Waals surface area contributed by atoms with Crippen molar-refractivity contribution in [1.82, 2.24) is 4.90 Å². The van der Waals surface area contributed by atoms with Crippen LogP contribution in [0, 0.1) is 6.92 Å². The van der Waals surface area contributed by atoms with Crippen molar-refractivity contribution in [3.8, 4) is 0 Å². The molecular weight excluding hydrogens is 274 g/mol. The molecule has 3 heterocycles. The van der Waals surface area contributed by atoms with Crippen molar-refractivity contribution >= 4 is 11.6 Å². The third-order valence-electron chi connectivity index (χ3n) is 5.34. The van der Waals surface area contributed by atoms with Crippen LogP contribution in [0.2, 0.25) is 0 Å². The van der Waals surface area contributed by atoms with Gasteiger partial charge in [0, 0.05) is 25.3 Å². The number of nitrogens with one attached hydrogen (secondary N) is 1. The van der Waals surface area contributed by atoms with Gasteiger partial charge in [0.05, 0.1) is 19.6 Å². The zero-order valence-corrected chi connectivity index (χ0v) is 14.1. The van der Waals surface area contributed by atoms with E-state index in [1.54, 1.807) is 0 Å². The Morgan fingerprint density at radius 2 is 1.86 bits per heavy atom. The highest BCUT2D eigenvalue weighted by atomic mass is 16.2. The third-order valence-corrected chi connectivity index (χ3v) is 5.34. The Bertz CT molecular complexity index is 546. The second kappa shape index (κ2) is 6.01. The second-order valence-electron chi connectivity index (χ2n) is 7.25. The van der Waals surface area contributed by atoms with Crippen LogP contribution >= 0.6 is 0 Å². The number of amides is 1. The fourth-order valence-corrected chi connectivity index (χ4v) is 3.79. The summed E-state index contributed by atoms with van der Waals surface area (Å²) in [4.78, 5) is 15.2. The molecule has 0 spiro atoms. The topological polar surface area (TPSA) is 32.3 Å². The largest absolute Gasteiger partial charge is 0.321 e. The Balaban J connectivity index is 1.72. The predicted molar refractivity (Wildman–Crippen MR) is 90.1 cm³/mol. The van der Waals surface area contributed by atoms with E-state index < -0.39 is 0 Å². The van der Waals surface area contributed by atoms with Crippen LogP contribution in [0.3, 0.4) is 0 Å². The van der Waals surface area contributed by atoms with Gasteiger partial charge in [0.1, 0.15) is 0 Å². The molecule has 3 aliphatic heterocycles. The summed E-state index contributed by atoms with van der Waals surface area (Å²) in [7, 11) is 0. The van der Waals surface area contributed by atoms with Gasteiger partial charge >= 0.3 is 0 Å². The van der Waals surface area contributed by atoms with E-state index in [1.165, 1.54) is 5.56 Å². The van der Waals surface area contributed by atoms with E-state index in [9.17, 15) is 4.79 Å². The Labute approximate surface area is 133 Å². The number of aryl methyl sites for hydroxylation is 1. The summed E-state index contributed by atoms with van der Waals surface area (Å²) in [5, 5.41) is 3.22. The van der Waals surface area contributed by atoms with E-state index in [4.69, 9.17) is 0 Å². The molecule has 0 aromatic heterocycles. The van der Waals surface area contributed by atoms with Crippen molar-refractivity contribution in [2.24, 2.45) is 0 Å². The first-order valence-electron chi connectivity index (χ1n) is 8.46. The molecule has 2 bridgehead atoms. The Morgan fingerprint density at radius 1 is 1.23 bits per heavy atom. The summed E-state index contributed by atoms with van der Waals surface area (Å²) in [6.45, 7) is 13.9. The molecule has 3 aliphatic rings. The molecule has 4 heteroatoms. The molecular formula is C18H28N3O+. The average Bonchev–Trinajstić information content (AvgIpc) is 2.50. The SMILES string of the molecule is Cc1cccc(C(C)C)c1NC(=O)C[N+]12CCN(CC1)CC2. The van der Waals surface area contributed by atoms with Gasteiger partial charge in [-0.05, 0) is 24.0 Å². The molecule has 3 saturated heterocycles. The van der Waals surface area contributed by atoms with Crippen LogP contribution in [0.25, 0.3) is 0 Å². The molecule has 1 aromatic rings. The predicted octanol–water partition coefficient (Wildman–Crippen LogP) is 2.20. The zero-order valence-electron chi connectivity index (χ0n) is 14.1. The van der Waals surface area contributed by atoms with Crippen molar-refractivity contribution in [3.05, 3.63) is 29.3 Å². The van der Waals surface area contributed by atoms with Crippen LogP contribution in [-0.4, -0.2) is 61.1 Å². The molecule has 1 aromatic carbocycles. The quantitative estimate of drug-likeness (QED) is 0.865. The van der Waals surface area contributed by atoms with Gasteiger partial charge in [-0.2, -0.15) is 0 Å². The smallest absolute Gasteiger partial charge is 0.279 e. The van der Waals surface area contributed by atoms with Crippen molar-refractivity contribution in [3.63, 3.8) is 0 Å². The lowest BCUT2D eigenvalue weighted by molar-refractivity contribution is -0.933. The Hall–Kier alpha value is -1.39. The summed E-state index contributed by atoms with van der Waals surface area (Å²) < 4.78 is 0.977.